The molecule has 0 bridgehead atoms. The number of benzene rings is 1. The van der Waals surface area contributed by atoms with Crippen molar-refractivity contribution in [3.05, 3.63) is 41.0 Å². The Hall–Kier alpha value is -2.08. The molecule has 3 nitrogen and oxygen atoms in total. The van der Waals surface area contributed by atoms with Crippen LogP contribution in [0.3, 0.4) is 0 Å². The Morgan fingerprint density at radius 3 is 2.28 bits per heavy atom. The summed E-state index contributed by atoms with van der Waals surface area (Å²) in [5.74, 6) is -0.595. The van der Waals surface area contributed by atoms with Crippen LogP contribution in [0.1, 0.15) is 31.9 Å². The number of carboxylic acid groups (broad SMARTS) is 1. The van der Waals surface area contributed by atoms with Crippen LogP contribution in [0, 0.1) is 17.2 Å². The largest absolute Gasteiger partial charge is 0.477 e. The third-order valence-electron chi connectivity index (χ3n) is 2.73. The summed E-state index contributed by atoms with van der Waals surface area (Å²) in [6, 6.07) is 9.43. The fraction of sp³-hybridized carbons (Fsp3) is 0.333. The maximum Gasteiger partial charge on any atom is 0.346 e. The zero-order valence-corrected chi connectivity index (χ0v) is 10.9. The molecule has 0 saturated carbocycles. The van der Waals surface area contributed by atoms with Crippen LogP contribution < -0.4 is 0 Å². The van der Waals surface area contributed by atoms with E-state index in [-0.39, 0.29) is 5.57 Å². The fourth-order valence-corrected chi connectivity index (χ4v) is 1.80. The van der Waals surface area contributed by atoms with Gasteiger partial charge in [-0.2, -0.15) is 5.26 Å². The van der Waals surface area contributed by atoms with Crippen LogP contribution in [0.4, 0.5) is 0 Å². The number of hydrogen-bond donors (Lipinski definition) is 1. The molecule has 3 heteroatoms. The van der Waals surface area contributed by atoms with E-state index in [0.29, 0.717) is 11.5 Å². The molecule has 0 atom stereocenters. The Labute approximate surface area is 107 Å². The molecule has 0 spiro atoms. The molecular weight excluding hydrogens is 226 g/mol. The quantitative estimate of drug-likeness (QED) is 0.652. The minimum atomic E-state index is -1.18. The summed E-state index contributed by atoms with van der Waals surface area (Å²) in [5.41, 5.74) is 2.30. The van der Waals surface area contributed by atoms with Crippen LogP contribution in [0.25, 0.3) is 5.57 Å². The Morgan fingerprint density at radius 1 is 1.33 bits per heavy atom. The van der Waals surface area contributed by atoms with Crippen molar-refractivity contribution < 1.29 is 9.90 Å². The van der Waals surface area contributed by atoms with Gasteiger partial charge in [-0.3, -0.25) is 0 Å². The maximum absolute atomic E-state index is 10.9. The third kappa shape index (κ3) is 3.46. The molecule has 0 amide bonds. The average molecular weight is 243 g/mol. The monoisotopic (exact) mass is 243 g/mol. The van der Waals surface area contributed by atoms with E-state index in [1.54, 1.807) is 13.0 Å². The van der Waals surface area contributed by atoms with Crippen LogP contribution in [0.15, 0.2) is 29.8 Å². The van der Waals surface area contributed by atoms with E-state index in [4.69, 9.17) is 10.4 Å². The molecule has 0 unspecified atom stereocenters. The maximum atomic E-state index is 10.9. The first-order chi connectivity index (χ1) is 8.45. The molecule has 0 fully saturated rings. The van der Waals surface area contributed by atoms with Crippen molar-refractivity contribution in [2.24, 2.45) is 5.92 Å². The number of nitrogens with zero attached hydrogens (tertiary/aromatic N) is 1. The zero-order valence-electron chi connectivity index (χ0n) is 10.9. The smallest absolute Gasteiger partial charge is 0.346 e. The lowest BCUT2D eigenvalue weighted by Crippen LogP contribution is -2.01. The Bertz CT molecular complexity index is 504. The molecule has 0 saturated heterocycles. The van der Waals surface area contributed by atoms with E-state index in [0.717, 1.165) is 12.0 Å². The summed E-state index contributed by atoms with van der Waals surface area (Å²) in [5, 5.41) is 17.7. The molecule has 0 aliphatic carbocycles. The van der Waals surface area contributed by atoms with Crippen LogP contribution in [0.2, 0.25) is 0 Å². The first-order valence-corrected chi connectivity index (χ1v) is 5.89. The average Bonchev–Trinajstić information content (AvgIpc) is 2.29. The SMILES string of the molecule is CC(=C(C#N)C(=O)O)c1ccc(CC(C)C)cc1. The molecule has 94 valence electrons. The van der Waals surface area contributed by atoms with Gasteiger partial charge in [0.05, 0.1) is 0 Å². The fourth-order valence-electron chi connectivity index (χ4n) is 1.80. The second-order valence-electron chi connectivity index (χ2n) is 4.71. The van der Waals surface area contributed by atoms with Crippen molar-refractivity contribution in [3.63, 3.8) is 0 Å². The number of allylic oxidation sites excluding steroid dienone is 1. The number of aliphatic carboxylic acids is 1. The van der Waals surface area contributed by atoms with Crippen molar-refractivity contribution in [2.75, 3.05) is 0 Å². The molecule has 0 aromatic heterocycles. The third-order valence-corrected chi connectivity index (χ3v) is 2.73. The van der Waals surface area contributed by atoms with Crippen LogP contribution >= 0.6 is 0 Å². The van der Waals surface area contributed by atoms with Crippen LogP contribution in [-0.2, 0) is 11.2 Å². The number of hydrogen-bond acceptors (Lipinski definition) is 2. The van der Waals surface area contributed by atoms with Crippen molar-refractivity contribution in [3.8, 4) is 6.07 Å². The summed E-state index contributed by atoms with van der Waals surface area (Å²) in [6.45, 7) is 5.96. The first kappa shape index (κ1) is 14.0. The van der Waals surface area contributed by atoms with E-state index in [1.807, 2.05) is 24.3 Å². The lowest BCUT2D eigenvalue weighted by atomic mass is 9.97. The van der Waals surface area contributed by atoms with Gasteiger partial charge in [-0.1, -0.05) is 38.1 Å². The standard InChI is InChI=1S/C15H17NO2/c1-10(2)8-12-4-6-13(7-5-12)11(3)14(9-16)15(17)18/h4-7,10H,8H2,1-3H3,(H,17,18). The van der Waals surface area contributed by atoms with Gasteiger partial charge >= 0.3 is 5.97 Å². The molecule has 0 aliphatic heterocycles. The van der Waals surface area contributed by atoms with Gasteiger partial charge in [0.1, 0.15) is 11.6 Å². The highest BCUT2D eigenvalue weighted by Gasteiger charge is 2.11. The summed E-state index contributed by atoms with van der Waals surface area (Å²) in [7, 11) is 0. The summed E-state index contributed by atoms with van der Waals surface area (Å²) in [4.78, 5) is 10.9. The van der Waals surface area contributed by atoms with Crippen molar-refractivity contribution in [1.82, 2.24) is 0 Å². The van der Waals surface area contributed by atoms with Crippen molar-refractivity contribution in [2.45, 2.75) is 27.2 Å². The normalized spacial score (nSPS) is 11.9. The lowest BCUT2D eigenvalue weighted by molar-refractivity contribution is -0.132. The van der Waals surface area contributed by atoms with E-state index in [2.05, 4.69) is 13.8 Å². The first-order valence-electron chi connectivity index (χ1n) is 5.89. The van der Waals surface area contributed by atoms with Crippen LogP contribution in [-0.4, -0.2) is 11.1 Å². The molecule has 0 heterocycles. The second kappa shape index (κ2) is 6.02. The highest BCUT2D eigenvalue weighted by atomic mass is 16.4. The van der Waals surface area contributed by atoms with Gasteiger partial charge in [0.15, 0.2) is 0 Å². The van der Waals surface area contributed by atoms with Gasteiger partial charge in [0.25, 0.3) is 0 Å². The molecule has 1 rings (SSSR count). The van der Waals surface area contributed by atoms with Crippen molar-refractivity contribution in [1.29, 1.82) is 5.26 Å². The topological polar surface area (TPSA) is 61.1 Å². The van der Waals surface area contributed by atoms with Crippen LogP contribution in [0.5, 0.6) is 0 Å². The number of carboxylic acids is 1. The summed E-state index contributed by atoms with van der Waals surface area (Å²) >= 11 is 0. The second-order valence-corrected chi connectivity index (χ2v) is 4.71. The van der Waals surface area contributed by atoms with Gasteiger partial charge in [0.2, 0.25) is 0 Å². The highest BCUT2D eigenvalue weighted by Crippen LogP contribution is 2.19. The highest BCUT2D eigenvalue weighted by molar-refractivity contribution is 6.00. The number of nitriles is 1. The Balaban J connectivity index is 3.06. The predicted molar refractivity (Wildman–Crippen MR) is 70.8 cm³/mol. The van der Waals surface area contributed by atoms with Gasteiger partial charge in [-0.05, 0) is 36.0 Å². The summed E-state index contributed by atoms with van der Waals surface area (Å²) < 4.78 is 0. The van der Waals surface area contributed by atoms with E-state index >= 15 is 0 Å². The number of rotatable bonds is 4. The van der Waals surface area contributed by atoms with Gasteiger partial charge in [-0.15, -0.1) is 0 Å². The minimum absolute atomic E-state index is 0.202. The minimum Gasteiger partial charge on any atom is -0.477 e. The van der Waals surface area contributed by atoms with E-state index in [9.17, 15) is 4.79 Å². The molecule has 18 heavy (non-hydrogen) atoms. The Kier molecular flexibility index (Phi) is 4.67. The van der Waals surface area contributed by atoms with Crippen molar-refractivity contribution >= 4 is 11.5 Å². The number of carbonyl (C=O) groups is 1. The molecule has 1 N–H and O–H groups in total. The molecular formula is C15H17NO2. The molecule has 0 aliphatic rings. The molecule has 0 radical (unpaired) electrons. The van der Waals surface area contributed by atoms with E-state index in [1.165, 1.54) is 5.56 Å². The zero-order chi connectivity index (χ0) is 13.7. The van der Waals surface area contributed by atoms with Gasteiger partial charge in [-0.25, -0.2) is 4.79 Å². The molecule has 1 aromatic carbocycles. The van der Waals surface area contributed by atoms with Gasteiger partial charge < -0.3 is 5.11 Å². The summed E-state index contributed by atoms with van der Waals surface area (Å²) in [6.07, 6.45) is 0.993. The van der Waals surface area contributed by atoms with Gasteiger partial charge in [0, 0.05) is 0 Å². The molecule has 1 aromatic rings. The lowest BCUT2D eigenvalue weighted by Gasteiger charge is -2.07. The predicted octanol–water partition coefficient (Wildman–Crippen LogP) is 3.27. The van der Waals surface area contributed by atoms with E-state index < -0.39 is 5.97 Å². The Morgan fingerprint density at radius 2 is 1.89 bits per heavy atom.